The third-order valence-corrected chi connectivity index (χ3v) is 5.34. The lowest BCUT2D eigenvalue weighted by molar-refractivity contribution is 0.173. The topological polar surface area (TPSA) is 88.8 Å². The Morgan fingerprint density at radius 3 is 2.88 bits per heavy atom. The number of nitrogens with zero attached hydrogens (tertiary/aromatic N) is 6. The molecule has 0 radical (unpaired) electrons. The minimum atomic E-state index is -0.128. The summed E-state index contributed by atoms with van der Waals surface area (Å²) in [5.41, 5.74) is 1.17. The summed E-state index contributed by atoms with van der Waals surface area (Å²) in [5.74, 6) is 1.41. The van der Waals surface area contributed by atoms with Crippen LogP contribution in [-0.4, -0.2) is 44.8 Å². The molecule has 1 N–H and O–H groups in total. The molecule has 26 heavy (non-hydrogen) atoms. The van der Waals surface area contributed by atoms with Crippen LogP contribution in [0.1, 0.15) is 45.1 Å². The second kappa shape index (κ2) is 7.80. The first-order valence-corrected chi connectivity index (χ1v) is 9.12. The Kier molecular flexibility index (Phi) is 5.49. The van der Waals surface area contributed by atoms with E-state index in [-0.39, 0.29) is 11.4 Å². The van der Waals surface area contributed by atoms with Crippen molar-refractivity contribution in [3.8, 4) is 0 Å². The third kappa shape index (κ3) is 4.56. The van der Waals surface area contributed by atoms with Crippen LogP contribution in [0.15, 0.2) is 24.7 Å². The number of hydrogen-bond donors (Lipinski definition) is 1. The molecule has 8 heteroatoms. The molecule has 0 aromatic carbocycles. The van der Waals surface area contributed by atoms with Crippen molar-refractivity contribution in [2.24, 2.45) is 11.3 Å². The monoisotopic (exact) mass is 357 g/mol. The first-order chi connectivity index (χ1) is 12.5. The maximum atomic E-state index is 12.6. The van der Waals surface area contributed by atoms with Crippen molar-refractivity contribution < 1.29 is 4.79 Å². The smallest absolute Gasteiger partial charge is 0.322 e. The van der Waals surface area contributed by atoms with Gasteiger partial charge >= 0.3 is 6.03 Å². The summed E-state index contributed by atoms with van der Waals surface area (Å²) < 4.78 is 1.63. The number of tetrazole rings is 1. The van der Waals surface area contributed by atoms with E-state index in [0.29, 0.717) is 18.9 Å². The predicted molar refractivity (Wildman–Crippen MR) is 98.7 cm³/mol. The van der Waals surface area contributed by atoms with Crippen molar-refractivity contribution in [1.29, 1.82) is 0 Å². The molecule has 1 aliphatic carbocycles. The van der Waals surface area contributed by atoms with E-state index in [1.54, 1.807) is 29.2 Å². The summed E-state index contributed by atoms with van der Waals surface area (Å²) in [6.07, 6.45) is 8.06. The van der Waals surface area contributed by atoms with E-state index in [4.69, 9.17) is 0 Å². The molecular weight excluding hydrogens is 330 g/mol. The Bertz CT molecular complexity index is 723. The molecule has 2 aromatic rings. The van der Waals surface area contributed by atoms with E-state index in [0.717, 1.165) is 24.3 Å². The first kappa shape index (κ1) is 18.3. The Labute approximate surface area is 154 Å². The fourth-order valence-electron chi connectivity index (χ4n) is 3.33. The van der Waals surface area contributed by atoms with Gasteiger partial charge in [0.25, 0.3) is 0 Å². The number of carbonyl (C=O) groups excluding carboxylic acids is 1. The molecule has 0 aliphatic heterocycles. The van der Waals surface area contributed by atoms with Gasteiger partial charge < -0.3 is 5.32 Å². The molecule has 0 saturated heterocycles. The fourth-order valence-corrected chi connectivity index (χ4v) is 3.33. The van der Waals surface area contributed by atoms with Gasteiger partial charge in [-0.25, -0.2) is 14.5 Å². The SMILES string of the molecule is CC1CCC(C)(CNC(=O)N(C)c2cc(Cn3cnnn3)ccn2)CC1. The lowest BCUT2D eigenvalue weighted by Crippen LogP contribution is -2.44. The van der Waals surface area contributed by atoms with Crippen LogP contribution in [0.2, 0.25) is 0 Å². The van der Waals surface area contributed by atoms with E-state index in [1.165, 1.54) is 12.8 Å². The Morgan fingerprint density at radius 2 is 2.19 bits per heavy atom. The summed E-state index contributed by atoms with van der Waals surface area (Å²) in [6, 6.07) is 3.64. The highest BCUT2D eigenvalue weighted by Crippen LogP contribution is 2.37. The lowest BCUT2D eigenvalue weighted by atomic mass is 9.72. The summed E-state index contributed by atoms with van der Waals surface area (Å²) in [6.45, 7) is 5.81. The molecule has 2 heterocycles. The van der Waals surface area contributed by atoms with Gasteiger partial charge in [-0.2, -0.15) is 0 Å². The number of carbonyl (C=O) groups is 1. The zero-order valence-electron chi connectivity index (χ0n) is 15.7. The minimum absolute atomic E-state index is 0.128. The number of urea groups is 1. The molecule has 1 saturated carbocycles. The Hall–Kier alpha value is -2.51. The van der Waals surface area contributed by atoms with Crippen LogP contribution in [0, 0.1) is 11.3 Å². The number of anilines is 1. The van der Waals surface area contributed by atoms with Gasteiger partial charge in [-0.3, -0.25) is 4.90 Å². The number of amides is 2. The van der Waals surface area contributed by atoms with Crippen LogP contribution < -0.4 is 10.2 Å². The Morgan fingerprint density at radius 1 is 1.42 bits per heavy atom. The molecular formula is C18H27N7O. The lowest BCUT2D eigenvalue weighted by Gasteiger charge is -2.36. The van der Waals surface area contributed by atoms with Gasteiger partial charge in [0.1, 0.15) is 12.1 Å². The minimum Gasteiger partial charge on any atom is -0.337 e. The Balaban J connectivity index is 1.58. The normalized spacial score (nSPS) is 22.8. The van der Waals surface area contributed by atoms with E-state index in [1.807, 2.05) is 12.1 Å². The molecule has 0 atom stereocenters. The summed E-state index contributed by atoms with van der Waals surface area (Å²) in [5, 5.41) is 14.2. The van der Waals surface area contributed by atoms with E-state index < -0.39 is 0 Å². The van der Waals surface area contributed by atoms with Crippen LogP contribution in [0.25, 0.3) is 0 Å². The fraction of sp³-hybridized carbons (Fsp3) is 0.611. The number of nitrogens with one attached hydrogen (secondary N) is 1. The highest BCUT2D eigenvalue weighted by atomic mass is 16.2. The van der Waals surface area contributed by atoms with E-state index in [9.17, 15) is 4.79 Å². The van der Waals surface area contributed by atoms with Crippen LogP contribution >= 0.6 is 0 Å². The number of hydrogen-bond acceptors (Lipinski definition) is 5. The average Bonchev–Trinajstić information content (AvgIpc) is 3.15. The van der Waals surface area contributed by atoms with Gasteiger partial charge in [-0.05, 0) is 52.3 Å². The molecule has 0 bridgehead atoms. The largest absolute Gasteiger partial charge is 0.337 e. The molecule has 1 aliphatic rings. The quantitative estimate of drug-likeness (QED) is 0.888. The van der Waals surface area contributed by atoms with Gasteiger partial charge in [-0.1, -0.05) is 26.7 Å². The summed E-state index contributed by atoms with van der Waals surface area (Å²) >= 11 is 0. The standard InChI is InChI=1S/C18H27N7O/c1-14-4-7-18(2,8-5-14)12-20-17(26)24(3)16-10-15(6-9-19-16)11-25-13-21-22-23-25/h6,9-10,13-14H,4-5,7-8,11-12H2,1-3H3,(H,20,26). The molecule has 2 amide bonds. The third-order valence-electron chi connectivity index (χ3n) is 5.34. The maximum Gasteiger partial charge on any atom is 0.322 e. The van der Waals surface area contributed by atoms with E-state index in [2.05, 4.69) is 39.7 Å². The zero-order valence-corrected chi connectivity index (χ0v) is 15.7. The molecule has 8 nitrogen and oxygen atoms in total. The molecule has 2 aromatic heterocycles. The van der Waals surface area contributed by atoms with Crippen molar-refractivity contribution in [3.05, 3.63) is 30.2 Å². The zero-order chi connectivity index (χ0) is 18.6. The van der Waals surface area contributed by atoms with Crippen molar-refractivity contribution >= 4 is 11.8 Å². The maximum absolute atomic E-state index is 12.6. The van der Waals surface area contributed by atoms with Crippen molar-refractivity contribution in [3.63, 3.8) is 0 Å². The molecule has 140 valence electrons. The van der Waals surface area contributed by atoms with Crippen LogP contribution in [0.4, 0.5) is 10.6 Å². The van der Waals surface area contributed by atoms with Gasteiger partial charge in [0.2, 0.25) is 0 Å². The molecule has 0 spiro atoms. The second-order valence-corrected chi connectivity index (χ2v) is 7.74. The van der Waals surface area contributed by atoms with Crippen LogP contribution in [0.3, 0.4) is 0 Å². The summed E-state index contributed by atoms with van der Waals surface area (Å²) in [7, 11) is 1.74. The van der Waals surface area contributed by atoms with E-state index >= 15 is 0 Å². The average molecular weight is 357 g/mol. The van der Waals surface area contributed by atoms with Gasteiger partial charge in [-0.15, -0.1) is 5.10 Å². The highest BCUT2D eigenvalue weighted by molar-refractivity contribution is 5.90. The van der Waals surface area contributed by atoms with Crippen LogP contribution in [0.5, 0.6) is 0 Å². The number of pyridine rings is 1. The van der Waals surface area contributed by atoms with Crippen molar-refractivity contribution in [2.75, 3.05) is 18.5 Å². The number of rotatable bonds is 5. The summed E-state index contributed by atoms with van der Waals surface area (Å²) in [4.78, 5) is 18.4. The van der Waals surface area contributed by atoms with Gasteiger partial charge in [0.05, 0.1) is 6.54 Å². The van der Waals surface area contributed by atoms with Gasteiger partial charge in [0.15, 0.2) is 0 Å². The molecule has 0 unspecified atom stereocenters. The number of aromatic nitrogens is 5. The van der Waals surface area contributed by atoms with Crippen LogP contribution in [-0.2, 0) is 6.54 Å². The highest BCUT2D eigenvalue weighted by Gasteiger charge is 2.30. The second-order valence-electron chi connectivity index (χ2n) is 7.74. The predicted octanol–water partition coefficient (Wildman–Crippen LogP) is 2.48. The molecule has 1 fully saturated rings. The van der Waals surface area contributed by atoms with Crippen molar-refractivity contribution in [2.45, 2.75) is 46.1 Å². The molecule has 3 rings (SSSR count). The van der Waals surface area contributed by atoms with Crippen molar-refractivity contribution in [1.82, 2.24) is 30.5 Å². The van der Waals surface area contributed by atoms with Gasteiger partial charge in [0, 0.05) is 19.8 Å². The first-order valence-electron chi connectivity index (χ1n) is 9.12.